The predicted octanol–water partition coefficient (Wildman–Crippen LogP) is 12.9. The second-order valence-corrected chi connectivity index (χ2v) is 32.3. The van der Waals surface area contributed by atoms with Crippen molar-refractivity contribution in [2.24, 2.45) is 0 Å². The van der Waals surface area contributed by atoms with E-state index in [9.17, 15) is 0 Å². The molecule has 10 heteroatoms. The molecule has 4 radical (unpaired) electrons. The quantitative estimate of drug-likeness (QED) is 0.217. The summed E-state index contributed by atoms with van der Waals surface area (Å²) in [6.07, 6.45) is 37.4. The van der Waals surface area contributed by atoms with E-state index in [0.717, 1.165) is 23.0 Å². The third-order valence-electron chi connectivity index (χ3n) is 6.62. The van der Waals surface area contributed by atoms with Crippen molar-refractivity contribution in [1.82, 2.24) is 0 Å². The zero-order valence-electron chi connectivity index (χ0n) is 24.9. The van der Waals surface area contributed by atoms with Gasteiger partial charge in [-0.25, -0.2) is 0 Å². The Morgan fingerprint density at radius 1 is 0.435 bits per heavy atom. The summed E-state index contributed by atoms with van der Waals surface area (Å²) in [7, 11) is 0. The zero-order valence-corrected chi connectivity index (χ0v) is 33.8. The van der Waals surface area contributed by atoms with Crippen molar-refractivity contribution in [1.29, 1.82) is 0 Å². The van der Waals surface area contributed by atoms with Gasteiger partial charge in [0.1, 0.15) is 0 Å². The topological polar surface area (TPSA) is 0 Å². The molecule has 0 saturated carbocycles. The van der Waals surface area contributed by atoms with Gasteiger partial charge in [0.2, 0.25) is 0 Å². The Hall–Kier alpha value is 0.0990. The first-order valence-corrected chi connectivity index (χ1v) is 26.2. The first-order chi connectivity index (χ1) is 21.5. The Morgan fingerprint density at radius 3 is 1.00 bits per heavy atom. The van der Waals surface area contributed by atoms with Crippen LogP contribution in [0.4, 0.5) is 0 Å². The Balaban J connectivity index is 0.000000409. The van der Waals surface area contributed by atoms with Gasteiger partial charge >= 0.3 is 0 Å². The molecular formula is C36H34Fe2P2S6. The minimum Gasteiger partial charge on any atom is -0.105 e. The third-order valence-corrected chi connectivity index (χ3v) is 28.7. The van der Waals surface area contributed by atoms with Gasteiger partial charge in [0.15, 0.2) is 0 Å². The molecule has 2 aromatic carbocycles. The maximum absolute atomic E-state index is 6.37. The van der Waals surface area contributed by atoms with Crippen LogP contribution in [0.2, 0.25) is 0 Å². The van der Waals surface area contributed by atoms with Crippen molar-refractivity contribution in [3.8, 4) is 0 Å². The molecule has 0 N–H and O–H groups in total. The molecule has 0 aromatic heterocycles. The molecule has 0 spiro atoms. The predicted molar refractivity (Wildman–Crippen MR) is 215 cm³/mol. The van der Waals surface area contributed by atoms with Crippen LogP contribution in [0.25, 0.3) is 0 Å². The van der Waals surface area contributed by atoms with E-state index in [-0.39, 0.29) is 34.1 Å². The zero-order chi connectivity index (χ0) is 30.5. The van der Waals surface area contributed by atoms with E-state index in [1.807, 2.05) is 107 Å². The molecule has 1 heterocycles. The molecule has 7 rings (SSSR count). The van der Waals surface area contributed by atoms with Crippen LogP contribution in [0.3, 0.4) is 0 Å². The normalized spacial score (nSPS) is 24.1. The van der Waals surface area contributed by atoms with Gasteiger partial charge in [-0.1, -0.05) is 157 Å². The maximum Gasteiger partial charge on any atom is 0.0853 e. The van der Waals surface area contributed by atoms with Gasteiger partial charge in [0.25, 0.3) is 0 Å². The van der Waals surface area contributed by atoms with E-state index >= 15 is 0 Å². The number of hydrogen-bond acceptors (Lipinski definition) is 6. The fourth-order valence-electron chi connectivity index (χ4n) is 4.36. The van der Waals surface area contributed by atoms with Crippen molar-refractivity contribution in [3.63, 3.8) is 0 Å². The molecule has 0 nitrogen and oxygen atoms in total. The van der Waals surface area contributed by atoms with Crippen LogP contribution in [0.15, 0.2) is 144 Å². The van der Waals surface area contributed by atoms with Crippen molar-refractivity contribution >= 4 is 78.0 Å². The molecule has 240 valence electrons. The number of benzene rings is 2. The summed E-state index contributed by atoms with van der Waals surface area (Å²) in [5, 5.41) is 2.65. The largest absolute Gasteiger partial charge is 0.105 e. The fourth-order valence-corrected chi connectivity index (χ4v) is 21.6. The number of hydrogen-bond donors (Lipinski definition) is 0. The Kier molecular flexibility index (Phi) is 18.8. The molecule has 0 unspecified atom stereocenters. The molecule has 4 bridgehead atoms. The molecule has 0 fully saturated rings. The molecule has 5 aliphatic rings. The van der Waals surface area contributed by atoms with Crippen molar-refractivity contribution in [2.75, 3.05) is 0 Å². The van der Waals surface area contributed by atoms with Gasteiger partial charge in [-0.05, 0) is 22.3 Å². The second kappa shape index (κ2) is 21.3. The standard InChI is InChI=1S/C26H24P2S6.2C5H5.2Fe/c29-27(25-11-1-2-12-25)31-17-21-7-5-9-23(15-21)19-33-28(30,26-13-3-4-14-26)34-20-24-10-6-8-22(16-24)18-32-27;2*1-2-4-5-3-1;;/h1-16H,17-20H2;2*1-5H;;. The van der Waals surface area contributed by atoms with Gasteiger partial charge in [0, 0.05) is 93.5 Å². The maximum atomic E-state index is 6.37. The van der Waals surface area contributed by atoms with Crippen molar-refractivity contribution in [3.05, 3.63) is 192 Å². The van der Waals surface area contributed by atoms with Gasteiger partial charge in [-0.3, -0.25) is 0 Å². The van der Waals surface area contributed by atoms with Crippen LogP contribution >= 0.6 is 54.4 Å². The molecule has 0 atom stereocenters. The van der Waals surface area contributed by atoms with Gasteiger partial charge in [0.05, 0.1) is 8.88 Å². The molecule has 1 aliphatic heterocycles. The monoisotopic (exact) mass is 832 g/mol. The SMILES string of the molecule is S=P1(C2=C[CH]C=C2)SCc2cccc(c2)CSP(=S)(C2=C[CH]C=C2)SCc2cccc(c2)CS1.[CH]1C=CC=C1.[CH]1C=CC=C1.[Fe].[Fe]. The molecule has 46 heavy (non-hydrogen) atoms. The molecule has 4 aliphatic carbocycles. The average molecular weight is 833 g/mol. The molecule has 2 aromatic rings. The van der Waals surface area contributed by atoms with Gasteiger partial charge in [-0.15, -0.1) is 45.5 Å². The van der Waals surface area contributed by atoms with E-state index in [1.54, 1.807) is 0 Å². The average Bonchev–Trinajstić information content (AvgIpc) is 3.89. The number of rotatable bonds is 2. The summed E-state index contributed by atoms with van der Waals surface area (Å²) >= 11 is 20.6. The molecular weight excluding hydrogens is 798 g/mol. The van der Waals surface area contributed by atoms with Crippen molar-refractivity contribution in [2.45, 2.75) is 23.0 Å². The summed E-state index contributed by atoms with van der Waals surface area (Å²) < 4.78 is -3.61. The Labute approximate surface area is 324 Å². The summed E-state index contributed by atoms with van der Waals surface area (Å²) in [4.78, 5) is 0. The first-order valence-electron chi connectivity index (χ1n) is 14.2. The van der Waals surface area contributed by atoms with Crippen LogP contribution in [-0.4, -0.2) is 0 Å². The summed E-state index contributed by atoms with van der Waals surface area (Å²) in [6, 6.07) is 18.1. The van der Waals surface area contributed by atoms with E-state index < -0.39 is 8.88 Å². The van der Waals surface area contributed by atoms with E-state index in [4.69, 9.17) is 23.6 Å². The minimum absolute atomic E-state index is 0. The fraction of sp³-hybridized carbons (Fsp3) is 0.111. The first kappa shape index (κ1) is 40.5. The summed E-state index contributed by atoms with van der Waals surface area (Å²) in [6.45, 7) is 0. The second-order valence-electron chi connectivity index (χ2n) is 9.94. The Bertz CT molecular complexity index is 1450. The number of allylic oxidation sites excluding steroid dienone is 16. The van der Waals surface area contributed by atoms with E-state index in [0.29, 0.717) is 0 Å². The smallest absolute Gasteiger partial charge is 0.0853 e. The van der Waals surface area contributed by atoms with Gasteiger partial charge in [-0.2, -0.15) is 0 Å². The van der Waals surface area contributed by atoms with Crippen LogP contribution < -0.4 is 0 Å². The minimum atomic E-state index is -1.80. The number of fused-ring (bicyclic) bond motifs is 4. The Morgan fingerprint density at radius 2 is 0.761 bits per heavy atom. The summed E-state index contributed by atoms with van der Waals surface area (Å²) in [5.41, 5.74) is 5.42. The summed E-state index contributed by atoms with van der Waals surface area (Å²) in [5.74, 6) is 3.78. The van der Waals surface area contributed by atoms with E-state index in [1.165, 1.54) is 32.9 Å². The molecule has 0 saturated heterocycles. The van der Waals surface area contributed by atoms with Crippen LogP contribution in [-0.2, 0) is 80.8 Å². The van der Waals surface area contributed by atoms with Crippen LogP contribution in [0.1, 0.15) is 22.3 Å². The van der Waals surface area contributed by atoms with E-state index in [2.05, 4.69) is 97.8 Å². The molecule has 0 amide bonds. The van der Waals surface area contributed by atoms with Crippen molar-refractivity contribution < 1.29 is 34.1 Å². The van der Waals surface area contributed by atoms with Gasteiger partial charge < -0.3 is 0 Å². The van der Waals surface area contributed by atoms with Crippen LogP contribution in [0.5, 0.6) is 0 Å². The van der Waals surface area contributed by atoms with Crippen LogP contribution in [0, 0.1) is 25.7 Å². The third kappa shape index (κ3) is 12.8.